The number of para-hydroxylation sites is 1. The lowest BCUT2D eigenvalue weighted by molar-refractivity contribution is -0.125. The Bertz CT molecular complexity index is 1160. The van der Waals surface area contributed by atoms with E-state index in [9.17, 15) is 9.59 Å². The third kappa shape index (κ3) is 3.50. The molecule has 152 valence electrons. The molecule has 1 aromatic carbocycles. The lowest BCUT2D eigenvalue weighted by Crippen LogP contribution is -2.45. The molecule has 0 aliphatic carbocycles. The zero-order valence-corrected chi connectivity index (χ0v) is 16.9. The molecule has 0 radical (unpaired) electrons. The molecule has 1 aliphatic rings. The zero-order valence-electron chi connectivity index (χ0n) is 16.0. The van der Waals surface area contributed by atoms with Crippen LogP contribution in [0.3, 0.4) is 0 Å². The number of furan rings is 2. The van der Waals surface area contributed by atoms with E-state index in [4.69, 9.17) is 8.83 Å². The Morgan fingerprint density at radius 3 is 2.90 bits per heavy atom. The van der Waals surface area contributed by atoms with Crippen LogP contribution in [0.15, 0.2) is 63.6 Å². The van der Waals surface area contributed by atoms with Crippen LogP contribution in [0.5, 0.6) is 0 Å². The number of nitrogens with one attached hydrogen (secondary N) is 1. The molecule has 1 atom stereocenters. The Labute approximate surface area is 176 Å². The third-order valence-corrected chi connectivity index (χ3v) is 6.20. The topological polar surface area (TPSA) is 88.6 Å². The summed E-state index contributed by atoms with van der Waals surface area (Å²) in [5.74, 6) is 1.12. The van der Waals surface area contributed by atoms with Crippen molar-refractivity contribution >= 4 is 33.4 Å². The minimum Gasteiger partial charge on any atom is -0.459 e. The lowest BCUT2D eigenvalue weighted by atomic mass is 10.2. The minimum atomic E-state index is -0.499. The van der Waals surface area contributed by atoms with Crippen LogP contribution in [0.1, 0.15) is 29.2 Å². The van der Waals surface area contributed by atoms with Gasteiger partial charge in [0.05, 0.1) is 23.0 Å². The van der Waals surface area contributed by atoms with Gasteiger partial charge in [0, 0.05) is 6.54 Å². The summed E-state index contributed by atoms with van der Waals surface area (Å²) in [4.78, 5) is 31.4. The highest BCUT2D eigenvalue weighted by molar-refractivity contribution is 7.21. The molecule has 3 aromatic heterocycles. The first-order valence-corrected chi connectivity index (χ1v) is 10.6. The van der Waals surface area contributed by atoms with Gasteiger partial charge in [0.2, 0.25) is 5.91 Å². The Morgan fingerprint density at radius 2 is 2.07 bits per heavy atom. The fraction of sp³-hybridized carbons (Fsp3) is 0.227. The second-order valence-electron chi connectivity index (χ2n) is 7.10. The Balaban J connectivity index is 1.24. The van der Waals surface area contributed by atoms with Crippen LogP contribution in [0.25, 0.3) is 21.0 Å². The maximum atomic E-state index is 12.7. The second-order valence-corrected chi connectivity index (χ2v) is 8.14. The van der Waals surface area contributed by atoms with E-state index in [1.165, 1.54) is 6.26 Å². The Kier molecular flexibility index (Phi) is 4.84. The van der Waals surface area contributed by atoms with Crippen molar-refractivity contribution in [1.82, 2.24) is 15.2 Å². The number of thiazole rings is 1. The van der Waals surface area contributed by atoms with Crippen LogP contribution < -0.4 is 5.32 Å². The first-order valence-electron chi connectivity index (χ1n) is 9.76. The number of hydrogen-bond donors (Lipinski definition) is 1. The van der Waals surface area contributed by atoms with Crippen molar-refractivity contribution in [2.75, 3.05) is 6.54 Å². The zero-order chi connectivity index (χ0) is 20.5. The fourth-order valence-corrected chi connectivity index (χ4v) is 4.61. The van der Waals surface area contributed by atoms with E-state index in [2.05, 4.69) is 10.3 Å². The van der Waals surface area contributed by atoms with Crippen LogP contribution in [0.2, 0.25) is 0 Å². The van der Waals surface area contributed by atoms with E-state index in [1.807, 2.05) is 36.4 Å². The van der Waals surface area contributed by atoms with Gasteiger partial charge in [-0.25, -0.2) is 4.98 Å². The van der Waals surface area contributed by atoms with Gasteiger partial charge in [0.1, 0.15) is 11.8 Å². The van der Waals surface area contributed by atoms with Crippen molar-refractivity contribution in [2.45, 2.75) is 25.4 Å². The fourth-order valence-electron chi connectivity index (χ4n) is 3.68. The predicted octanol–water partition coefficient (Wildman–Crippen LogP) is 4.07. The first-order chi connectivity index (χ1) is 14.7. The molecular weight excluding hydrogens is 402 g/mol. The van der Waals surface area contributed by atoms with Crippen molar-refractivity contribution in [3.63, 3.8) is 0 Å². The van der Waals surface area contributed by atoms with Crippen molar-refractivity contribution in [1.29, 1.82) is 0 Å². The van der Waals surface area contributed by atoms with Gasteiger partial charge in [-0.3, -0.25) is 9.59 Å². The van der Waals surface area contributed by atoms with Crippen LogP contribution in [0.4, 0.5) is 0 Å². The van der Waals surface area contributed by atoms with Crippen molar-refractivity contribution in [3.05, 3.63) is 66.3 Å². The van der Waals surface area contributed by atoms with Crippen LogP contribution in [0, 0.1) is 0 Å². The molecule has 0 spiro atoms. The number of rotatable bonds is 5. The molecule has 30 heavy (non-hydrogen) atoms. The van der Waals surface area contributed by atoms with Gasteiger partial charge in [-0.15, -0.1) is 11.3 Å². The highest BCUT2D eigenvalue weighted by Gasteiger charge is 2.35. The largest absolute Gasteiger partial charge is 0.459 e. The smallest absolute Gasteiger partial charge is 0.290 e. The summed E-state index contributed by atoms with van der Waals surface area (Å²) in [6, 6.07) is 14.4. The molecule has 1 aliphatic heterocycles. The highest BCUT2D eigenvalue weighted by Crippen LogP contribution is 2.31. The van der Waals surface area contributed by atoms with E-state index in [-0.39, 0.29) is 24.1 Å². The molecule has 8 heteroatoms. The molecule has 5 rings (SSSR count). The lowest BCUT2D eigenvalue weighted by Gasteiger charge is -2.22. The second kappa shape index (κ2) is 7.79. The number of nitrogens with zero attached hydrogens (tertiary/aromatic N) is 2. The van der Waals surface area contributed by atoms with Gasteiger partial charge in [0.15, 0.2) is 16.5 Å². The van der Waals surface area contributed by atoms with Crippen molar-refractivity contribution in [3.8, 4) is 10.8 Å². The van der Waals surface area contributed by atoms with E-state index >= 15 is 0 Å². The molecule has 1 unspecified atom stereocenters. The van der Waals surface area contributed by atoms with Crippen LogP contribution >= 0.6 is 11.3 Å². The summed E-state index contributed by atoms with van der Waals surface area (Å²) in [6.07, 6.45) is 2.87. The molecule has 4 aromatic rings. The molecular formula is C22H19N3O4S. The Hall–Kier alpha value is -3.39. The van der Waals surface area contributed by atoms with Crippen LogP contribution in [-0.4, -0.2) is 34.3 Å². The monoisotopic (exact) mass is 421 g/mol. The highest BCUT2D eigenvalue weighted by atomic mass is 32.1. The summed E-state index contributed by atoms with van der Waals surface area (Å²) in [5, 5.41) is 3.69. The van der Waals surface area contributed by atoms with Crippen LogP contribution in [-0.2, 0) is 11.3 Å². The number of benzene rings is 1. The normalized spacial score (nSPS) is 16.3. The SMILES string of the molecule is O=C(NCc1ccc(-c2nc3ccccc3s2)o1)C1CCCN1C(=O)c1ccco1. The van der Waals surface area contributed by atoms with Crippen molar-refractivity contribution < 1.29 is 18.4 Å². The number of aromatic nitrogens is 1. The molecule has 2 amide bonds. The molecule has 7 nitrogen and oxygen atoms in total. The molecule has 0 saturated carbocycles. The average Bonchev–Trinajstić information content (AvgIpc) is 3.56. The standard InChI is InChI=1S/C22H19N3O4S/c26-20(16-6-3-11-25(16)22(27)18-7-4-12-28-18)23-13-14-9-10-17(29-14)21-24-15-5-1-2-8-19(15)30-21/h1-2,4-5,7-10,12,16H,3,6,11,13H2,(H,23,26). The van der Waals surface area contributed by atoms with E-state index in [0.29, 0.717) is 24.5 Å². The third-order valence-electron chi connectivity index (χ3n) is 5.15. The van der Waals surface area contributed by atoms with Gasteiger partial charge in [-0.2, -0.15) is 0 Å². The number of likely N-dealkylation sites (tertiary alicyclic amines) is 1. The number of carbonyl (C=O) groups excluding carboxylic acids is 2. The quantitative estimate of drug-likeness (QED) is 0.525. The predicted molar refractivity (Wildman–Crippen MR) is 112 cm³/mol. The van der Waals surface area contributed by atoms with Gasteiger partial charge >= 0.3 is 0 Å². The maximum absolute atomic E-state index is 12.7. The summed E-state index contributed by atoms with van der Waals surface area (Å²) < 4.78 is 12.2. The summed E-state index contributed by atoms with van der Waals surface area (Å²) >= 11 is 1.57. The molecule has 0 bridgehead atoms. The van der Waals surface area contributed by atoms with Gasteiger partial charge in [0.25, 0.3) is 5.91 Å². The molecule has 1 N–H and O–H groups in total. The van der Waals surface area contributed by atoms with Gasteiger partial charge in [-0.05, 0) is 49.2 Å². The number of carbonyl (C=O) groups is 2. The number of amides is 2. The average molecular weight is 421 g/mol. The summed E-state index contributed by atoms with van der Waals surface area (Å²) in [5.41, 5.74) is 0.936. The summed E-state index contributed by atoms with van der Waals surface area (Å²) in [6.45, 7) is 0.795. The van der Waals surface area contributed by atoms with E-state index in [0.717, 1.165) is 21.6 Å². The Morgan fingerprint density at radius 1 is 1.17 bits per heavy atom. The van der Waals surface area contributed by atoms with E-state index in [1.54, 1.807) is 28.4 Å². The maximum Gasteiger partial charge on any atom is 0.290 e. The van der Waals surface area contributed by atoms with Gasteiger partial charge in [-0.1, -0.05) is 12.1 Å². The molecule has 1 saturated heterocycles. The molecule has 4 heterocycles. The summed E-state index contributed by atoms with van der Waals surface area (Å²) in [7, 11) is 0. The van der Waals surface area contributed by atoms with E-state index < -0.39 is 6.04 Å². The van der Waals surface area contributed by atoms with Crippen molar-refractivity contribution in [2.24, 2.45) is 0 Å². The minimum absolute atomic E-state index is 0.189. The van der Waals surface area contributed by atoms with Gasteiger partial charge < -0.3 is 19.1 Å². The number of hydrogen-bond acceptors (Lipinski definition) is 6. The molecule has 1 fully saturated rings. The first kappa shape index (κ1) is 18.6. The number of fused-ring (bicyclic) bond motifs is 1.